The number of hydrogen-bond donors (Lipinski definition) is 1. The number of aryl methyl sites for hydroxylation is 1. The molecule has 0 fully saturated rings. The van der Waals surface area contributed by atoms with Crippen LogP contribution in [0.3, 0.4) is 0 Å². The first-order valence-electron chi connectivity index (χ1n) is 10.6. The van der Waals surface area contributed by atoms with E-state index in [-0.39, 0.29) is 11.9 Å². The van der Waals surface area contributed by atoms with Gasteiger partial charge in [0.25, 0.3) is 0 Å². The molecule has 0 aliphatic heterocycles. The van der Waals surface area contributed by atoms with Crippen molar-refractivity contribution >= 4 is 5.91 Å². The molecule has 4 rings (SSSR count). The zero-order valence-electron chi connectivity index (χ0n) is 18.0. The first-order chi connectivity index (χ1) is 15.1. The zero-order valence-corrected chi connectivity index (χ0v) is 18.0. The second-order valence-electron chi connectivity index (χ2n) is 7.72. The molecule has 0 radical (unpaired) electrons. The van der Waals surface area contributed by atoms with E-state index >= 15 is 0 Å². The number of rotatable bonds is 7. The minimum atomic E-state index is -0.163. The van der Waals surface area contributed by atoms with Crippen molar-refractivity contribution in [1.29, 1.82) is 0 Å². The van der Waals surface area contributed by atoms with Crippen LogP contribution in [0.25, 0.3) is 5.69 Å². The monoisotopic (exact) mass is 409 g/mol. The summed E-state index contributed by atoms with van der Waals surface area (Å²) in [5, 5.41) is 7.93. The van der Waals surface area contributed by atoms with Gasteiger partial charge in [0, 0.05) is 12.1 Å². The van der Waals surface area contributed by atoms with Crippen LogP contribution in [0.2, 0.25) is 0 Å². The molecule has 1 heterocycles. The third kappa shape index (κ3) is 4.75. The largest absolute Gasteiger partial charge is 0.345 e. The van der Waals surface area contributed by atoms with Gasteiger partial charge in [-0.05, 0) is 49.1 Å². The van der Waals surface area contributed by atoms with Gasteiger partial charge in [-0.25, -0.2) is 4.68 Å². The van der Waals surface area contributed by atoms with Crippen molar-refractivity contribution in [1.82, 2.24) is 15.1 Å². The molecule has 0 bridgehead atoms. The van der Waals surface area contributed by atoms with Gasteiger partial charge in [-0.15, -0.1) is 0 Å². The Labute approximate surface area is 183 Å². The molecule has 4 heteroatoms. The Morgan fingerprint density at radius 2 is 1.35 bits per heavy atom. The molecule has 1 aromatic heterocycles. The number of carbonyl (C=O) groups is 1. The fourth-order valence-corrected chi connectivity index (χ4v) is 3.98. The van der Waals surface area contributed by atoms with Crippen LogP contribution in [0.5, 0.6) is 0 Å². The van der Waals surface area contributed by atoms with Gasteiger partial charge >= 0.3 is 0 Å². The maximum Gasteiger partial charge on any atom is 0.221 e. The summed E-state index contributed by atoms with van der Waals surface area (Å²) in [6.07, 6.45) is 1.07. The van der Waals surface area contributed by atoms with Crippen molar-refractivity contribution in [2.24, 2.45) is 0 Å². The molecule has 0 aliphatic rings. The molecule has 0 saturated carbocycles. The average molecular weight is 410 g/mol. The molecule has 0 spiro atoms. The maximum absolute atomic E-state index is 12.9. The van der Waals surface area contributed by atoms with E-state index in [0.717, 1.165) is 33.8 Å². The van der Waals surface area contributed by atoms with Crippen LogP contribution in [0.15, 0.2) is 91.0 Å². The molecule has 4 nitrogen and oxygen atoms in total. The van der Waals surface area contributed by atoms with Gasteiger partial charge in [-0.1, -0.05) is 78.9 Å². The Balaban J connectivity index is 1.49. The minimum Gasteiger partial charge on any atom is -0.345 e. The summed E-state index contributed by atoms with van der Waals surface area (Å²) in [6.45, 7) is 4.08. The molecule has 0 atom stereocenters. The van der Waals surface area contributed by atoms with Gasteiger partial charge in [-0.2, -0.15) is 5.10 Å². The van der Waals surface area contributed by atoms with Gasteiger partial charge in [0.05, 0.1) is 17.4 Å². The van der Waals surface area contributed by atoms with Crippen molar-refractivity contribution in [3.8, 4) is 5.69 Å². The lowest BCUT2D eigenvalue weighted by atomic mass is 9.98. The van der Waals surface area contributed by atoms with Crippen molar-refractivity contribution in [2.75, 3.05) is 0 Å². The number of carbonyl (C=O) groups excluding carboxylic acids is 1. The molecule has 156 valence electrons. The van der Waals surface area contributed by atoms with Crippen molar-refractivity contribution in [3.63, 3.8) is 0 Å². The summed E-state index contributed by atoms with van der Waals surface area (Å²) >= 11 is 0. The highest BCUT2D eigenvalue weighted by atomic mass is 16.1. The summed E-state index contributed by atoms with van der Waals surface area (Å²) in [5.74, 6) is 0.0315. The number of benzene rings is 3. The number of nitrogens with one attached hydrogen (secondary N) is 1. The third-order valence-corrected chi connectivity index (χ3v) is 5.62. The van der Waals surface area contributed by atoms with Crippen LogP contribution in [0.4, 0.5) is 0 Å². The molecule has 31 heavy (non-hydrogen) atoms. The van der Waals surface area contributed by atoms with Gasteiger partial charge in [0.1, 0.15) is 0 Å². The smallest absolute Gasteiger partial charge is 0.221 e. The lowest BCUT2D eigenvalue weighted by Gasteiger charge is -2.20. The quantitative estimate of drug-likeness (QED) is 0.449. The Hall–Kier alpha value is -3.66. The Bertz CT molecular complexity index is 1100. The van der Waals surface area contributed by atoms with E-state index in [4.69, 9.17) is 5.10 Å². The van der Waals surface area contributed by atoms with E-state index in [9.17, 15) is 4.79 Å². The average Bonchev–Trinajstić information content (AvgIpc) is 3.11. The summed E-state index contributed by atoms with van der Waals surface area (Å²) in [4.78, 5) is 12.9. The van der Waals surface area contributed by atoms with E-state index in [0.29, 0.717) is 12.8 Å². The standard InChI is InChI=1S/C27H27N3O/c1-20-25(21(2)30(29-20)24-16-10-5-11-17-24)18-19-26(31)28-27(22-12-6-3-7-13-22)23-14-8-4-9-15-23/h3-17,27H,18-19H2,1-2H3,(H,28,31). The summed E-state index contributed by atoms with van der Waals surface area (Å²) in [5.41, 5.74) is 6.37. The fraction of sp³-hybridized carbons (Fsp3) is 0.185. The van der Waals surface area contributed by atoms with Gasteiger partial charge in [0.2, 0.25) is 5.91 Å². The normalized spacial score (nSPS) is 10.9. The minimum absolute atomic E-state index is 0.0315. The van der Waals surface area contributed by atoms with E-state index < -0.39 is 0 Å². The van der Waals surface area contributed by atoms with E-state index in [1.807, 2.05) is 78.3 Å². The highest BCUT2D eigenvalue weighted by molar-refractivity contribution is 5.77. The Morgan fingerprint density at radius 3 is 1.90 bits per heavy atom. The third-order valence-electron chi connectivity index (χ3n) is 5.62. The zero-order chi connectivity index (χ0) is 21.6. The molecule has 1 amide bonds. The van der Waals surface area contributed by atoms with Crippen LogP contribution in [-0.4, -0.2) is 15.7 Å². The number of aromatic nitrogens is 2. The highest BCUT2D eigenvalue weighted by Gasteiger charge is 2.18. The maximum atomic E-state index is 12.9. The van der Waals surface area contributed by atoms with E-state index in [1.165, 1.54) is 0 Å². The first kappa shape index (κ1) is 20.6. The number of amides is 1. The highest BCUT2D eigenvalue weighted by Crippen LogP contribution is 2.23. The summed E-state index contributed by atoms with van der Waals surface area (Å²) < 4.78 is 1.96. The summed E-state index contributed by atoms with van der Waals surface area (Å²) in [7, 11) is 0. The van der Waals surface area contributed by atoms with Crippen molar-refractivity contribution in [3.05, 3.63) is 119 Å². The van der Waals surface area contributed by atoms with Gasteiger partial charge in [0.15, 0.2) is 0 Å². The van der Waals surface area contributed by atoms with Crippen LogP contribution in [0.1, 0.15) is 40.5 Å². The lowest BCUT2D eigenvalue weighted by molar-refractivity contribution is -0.121. The van der Waals surface area contributed by atoms with Gasteiger partial charge < -0.3 is 5.32 Å². The second-order valence-corrected chi connectivity index (χ2v) is 7.72. The number of nitrogens with zero attached hydrogens (tertiary/aromatic N) is 2. The van der Waals surface area contributed by atoms with Crippen LogP contribution in [0, 0.1) is 13.8 Å². The van der Waals surface area contributed by atoms with Crippen LogP contribution >= 0.6 is 0 Å². The molecular formula is C27H27N3O. The van der Waals surface area contributed by atoms with Crippen LogP contribution < -0.4 is 5.32 Å². The van der Waals surface area contributed by atoms with Crippen LogP contribution in [-0.2, 0) is 11.2 Å². The van der Waals surface area contributed by atoms with Gasteiger partial charge in [-0.3, -0.25) is 4.79 Å². The number of para-hydroxylation sites is 1. The van der Waals surface area contributed by atoms with E-state index in [1.54, 1.807) is 0 Å². The van der Waals surface area contributed by atoms with Crippen molar-refractivity contribution < 1.29 is 4.79 Å². The molecule has 1 N–H and O–H groups in total. The Morgan fingerprint density at radius 1 is 0.839 bits per heavy atom. The molecule has 0 unspecified atom stereocenters. The lowest BCUT2D eigenvalue weighted by Crippen LogP contribution is -2.29. The molecule has 3 aromatic carbocycles. The number of hydrogen-bond acceptors (Lipinski definition) is 2. The molecule has 0 aliphatic carbocycles. The topological polar surface area (TPSA) is 46.9 Å². The predicted octanol–water partition coefficient (Wildman–Crippen LogP) is 5.33. The van der Waals surface area contributed by atoms with Crippen molar-refractivity contribution in [2.45, 2.75) is 32.7 Å². The molecular weight excluding hydrogens is 382 g/mol. The molecule has 4 aromatic rings. The SMILES string of the molecule is Cc1nn(-c2ccccc2)c(C)c1CCC(=O)NC(c1ccccc1)c1ccccc1. The van der Waals surface area contributed by atoms with E-state index in [2.05, 4.69) is 36.5 Å². The Kier molecular flexibility index (Phi) is 6.27. The summed E-state index contributed by atoms with van der Waals surface area (Å²) in [6, 6.07) is 30.1. The predicted molar refractivity (Wildman–Crippen MR) is 124 cm³/mol. The second kappa shape index (κ2) is 9.43. The fourth-order valence-electron chi connectivity index (χ4n) is 3.98. The molecule has 0 saturated heterocycles. The first-order valence-corrected chi connectivity index (χ1v) is 10.6.